The summed E-state index contributed by atoms with van der Waals surface area (Å²) in [7, 11) is -3.10. The van der Waals surface area contributed by atoms with Crippen molar-refractivity contribution in [2.45, 2.75) is 18.5 Å². The molecule has 0 aliphatic carbocycles. The van der Waals surface area contributed by atoms with E-state index in [-0.39, 0.29) is 29.5 Å². The predicted octanol–water partition coefficient (Wildman–Crippen LogP) is 3.07. The number of nitrogens with zero attached hydrogens (tertiary/aromatic N) is 1. The number of alkyl halides is 4. The van der Waals surface area contributed by atoms with Crippen LogP contribution in [-0.2, 0) is 21.9 Å². The summed E-state index contributed by atoms with van der Waals surface area (Å²) >= 11 is 5.55. The van der Waals surface area contributed by atoms with Crippen molar-refractivity contribution >= 4 is 27.1 Å². The molecule has 3 nitrogen and oxygen atoms in total. The maximum atomic E-state index is 13.0. The molecule has 0 radical (unpaired) electrons. The molecule has 0 amide bonds. The highest BCUT2D eigenvalue weighted by atomic mass is 35.5. The third kappa shape index (κ3) is 4.03. The van der Waals surface area contributed by atoms with Crippen LogP contribution in [0.4, 0.5) is 18.9 Å². The Morgan fingerprint density at radius 2 is 1.90 bits per heavy atom. The van der Waals surface area contributed by atoms with Crippen molar-refractivity contribution in [2.24, 2.45) is 0 Å². The molecule has 8 heteroatoms. The van der Waals surface area contributed by atoms with Gasteiger partial charge in [-0.3, -0.25) is 0 Å². The summed E-state index contributed by atoms with van der Waals surface area (Å²) < 4.78 is 62.1. The number of rotatable bonds is 2. The van der Waals surface area contributed by atoms with Gasteiger partial charge in [-0.05, 0) is 24.1 Å². The Kier molecular flexibility index (Phi) is 4.72. The van der Waals surface area contributed by atoms with Crippen molar-refractivity contribution < 1.29 is 21.6 Å². The highest BCUT2D eigenvalue weighted by Gasteiger charge is 2.34. The Morgan fingerprint density at radius 3 is 2.52 bits per heavy atom. The monoisotopic (exact) mass is 341 g/mol. The first-order valence-electron chi connectivity index (χ1n) is 6.44. The fraction of sp³-hybridized carbons (Fsp3) is 0.538. The SMILES string of the molecule is O=S1(=O)CCCN(c2ccc(CCl)c(C(F)(F)F)c2)CC1. The number of hydrogen-bond donors (Lipinski definition) is 0. The van der Waals surface area contributed by atoms with Gasteiger partial charge in [0.1, 0.15) is 0 Å². The number of halogens is 4. The molecule has 1 aliphatic rings. The molecule has 1 fully saturated rings. The first-order chi connectivity index (χ1) is 9.73. The third-order valence-corrected chi connectivity index (χ3v) is 5.47. The van der Waals surface area contributed by atoms with Gasteiger partial charge in [0.2, 0.25) is 0 Å². The lowest BCUT2D eigenvalue weighted by molar-refractivity contribution is -0.138. The number of sulfone groups is 1. The summed E-state index contributed by atoms with van der Waals surface area (Å²) in [5.41, 5.74) is -0.356. The van der Waals surface area contributed by atoms with E-state index in [1.165, 1.54) is 6.07 Å². The van der Waals surface area contributed by atoms with Gasteiger partial charge in [0.05, 0.1) is 17.1 Å². The molecular weight excluding hydrogens is 327 g/mol. The van der Waals surface area contributed by atoms with Gasteiger partial charge in [0, 0.05) is 24.7 Å². The van der Waals surface area contributed by atoms with Crippen molar-refractivity contribution in [2.75, 3.05) is 29.5 Å². The van der Waals surface area contributed by atoms with Crippen LogP contribution in [0.25, 0.3) is 0 Å². The van der Waals surface area contributed by atoms with Gasteiger partial charge in [-0.1, -0.05) is 6.07 Å². The minimum atomic E-state index is -4.47. The fourth-order valence-electron chi connectivity index (χ4n) is 2.34. The summed E-state index contributed by atoms with van der Waals surface area (Å²) in [6.45, 7) is 0.636. The third-order valence-electron chi connectivity index (χ3n) is 3.46. The van der Waals surface area contributed by atoms with Gasteiger partial charge in [-0.2, -0.15) is 13.2 Å². The first kappa shape index (κ1) is 16.4. The first-order valence-corrected chi connectivity index (χ1v) is 8.80. The molecule has 1 saturated heterocycles. The average Bonchev–Trinajstić information content (AvgIpc) is 2.58. The zero-order valence-electron chi connectivity index (χ0n) is 11.2. The van der Waals surface area contributed by atoms with E-state index in [0.29, 0.717) is 18.7 Å². The summed E-state index contributed by atoms with van der Waals surface area (Å²) in [4.78, 5) is 1.68. The number of anilines is 1. The van der Waals surface area contributed by atoms with Gasteiger partial charge >= 0.3 is 6.18 Å². The van der Waals surface area contributed by atoms with Crippen LogP contribution in [0.3, 0.4) is 0 Å². The van der Waals surface area contributed by atoms with Gasteiger partial charge in [-0.15, -0.1) is 11.6 Å². The zero-order chi connectivity index (χ0) is 15.7. The maximum Gasteiger partial charge on any atom is 0.416 e. The molecular formula is C13H15ClF3NO2S. The molecule has 0 atom stereocenters. The summed E-state index contributed by atoms with van der Waals surface area (Å²) in [5.74, 6) is -0.176. The van der Waals surface area contributed by atoms with Crippen LogP contribution in [0.2, 0.25) is 0 Å². The molecule has 0 aromatic heterocycles. The number of hydrogen-bond acceptors (Lipinski definition) is 3. The molecule has 0 unspecified atom stereocenters. The van der Waals surface area contributed by atoms with E-state index >= 15 is 0 Å². The molecule has 1 aliphatic heterocycles. The van der Waals surface area contributed by atoms with Gasteiger partial charge in [-0.25, -0.2) is 8.42 Å². The minimum Gasteiger partial charge on any atom is -0.370 e. The van der Waals surface area contributed by atoms with Crippen LogP contribution >= 0.6 is 11.6 Å². The highest BCUT2D eigenvalue weighted by molar-refractivity contribution is 7.91. The van der Waals surface area contributed by atoms with E-state index in [1.807, 2.05) is 0 Å². The number of benzene rings is 1. The predicted molar refractivity (Wildman–Crippen MR) is 76.5 cm³/mol. The fourth-order valence-corrected chi connectivity index (χ4v) is 3.84. The standard InChI is InChI=1S/C13H15ClF3NO2S/c14-9-10-2-3-11(8-12(10)13(15,16)17)18-4-1-6-21(19,20)7-5-18/h2-3,8H,1,4-7,9H2. The molecule has 21 heavy (non-hydrogen) atoms. The summed E-state index contributed by atoms with van der Waals surface area (Å²) in [5, 5.41) is 0. The highest BCUT2D eigenvalue weighted by Crippen LogP contribution is 2.35. The Labute approximate surface area is 126 Å². The van der Waals surface area contributed by atoms with Gasteiger partial charge in [0.15, 0.2) is 9.84 Å². The van der Waals surface area contributed by atoms with Crippen LogP contribution in [-0.4, -0.2) is 33.0 Å². The lowest BCUT2D eigenvalue weighted by Crippen LogP contribution is -2.27. The molecule has 0 bridgehead atoms. The Balaban J connectivity index is 2.32. The zero-order valence-corrected chi connectivity index (χ0v) is 12.7. The summed E-state index contributed by atoms with van der Waals surface area (Å²) in [6, 6.07) is 3.96. The summed E-state index contributed by atoms with van der Waals surface area (Å²) in [6.07, 6.45) is -4.06. The Hall–Kier alpha value is -0.950. The second-order valence-electron chi connectivity index (χ2n) is 4.97. The Morgan fingerprint density at radius 1 is 1.19 bits per heavy atom. The van der Waals surface area contributed by atoms with E-state index < -0.39 is 21.6 Å². The average molecular weight is 342 g/mol. The molecule has 0 saturated carbocycles. The van der Waals surface area contributed by atoms with E-state index in [1.54, 1.807) is 11.0 Å². The van der Waals surface area contributed by atoms with E-state index in [9.17, 15) is 21.6 Å². The van der Waals surface area contributed by atoms with Crippen molar-refractivity contribution in [3.8, 4) is 0 Å². The normalized spacial score (nSPS) is 19.3. The van der Waals surface area contributed by atoms with Crippen molar-refractivity contribution in [3.05, 3.63) is 29.3 Å². The molecule has 118 valence electrons. The largest absolute Gasteiger partial charge is 0.416 e. The van der Waals surface area contributed by atoms with Crippen molar-refractivity contribution in [3.63, 3.8) is 0 Å². The van der Waals surface area contributed by atoms with E-state index in [2.05, 4.69) is 0 Å². The van der Waals surface area contributed by atoms with Crippen LogP contribution in [0, 0.1) is 0 Å². The second kappa shape index (κ2) is 6.04. The second-order valence-corrected chi connectivity index (χ2v) is 7.54. The minimum absolute atomic E-state index is 0.0235. The van der Waals surface area contributed by atoms with Gasteiger partial charge < -0.3 is 4.90 Å². The van der Waals surface area contributed by atoms with Crippen molar-refractivity contribution in [1.82, 2.24) is 0 Å². The quantitative estimate of drug-likeness (QED) is 0.776. The molecule has 0 N–H and O–H groups in total. The van der Waals surface area contributed by atoms with E-state index in [4.69, 9.17) is 11.6 Å². The molecule has 0 spiro atoms. The molecule has 1 aromatic carbocycles. The van der Waals surface area contributed by atoms with Crippen LogP contribution in [0.15, 0.2) is 18.2 Å². The topological polar surface area (TPSA) is 37.4 Å². The molecule has 2 rings (SSSR count). The molecule has 1 aromatic rings. The van der Waals surface area contributed by atoms with Crippen LogP contribution < -0.4 is 4.90 Å². The van der Waals surface area contributed by atoms with Crippen LogP contribution in [0.5, 0.6) is 0 Å². The lowest BCUT2D eigenvalue weighted by Gasteiger charge is -2.24. The maximum absolute atomic E-state index is 13.0. The van der Waals surface area contributed by atoms with E-state index in [0.717, 1.165) is 6.07 Å². The van der Waals surface area contributed by atoms with Gasteiger partial charge in [0.25, 0.3) is 0 Å². The smallest absolute Gasteiger partial charge is 0.370 e. The van der Waals surface area contributed by atoms with Crippen molar-refractivity contribution in [1.29, 1.82) is 0 Å². The Bertz CT molecular complexity index is 616. The molecule has 1 heterocycles. The van der Waals surface area contributed by atoms with Crippen LogP contribution in [0.1, 0.15) is 17.5 Å². The lowest BCUT2D eigenvalue weighted by atomic mass is 10.1.